The van der Waals surface area contributed by atoms with Crippen LogP contribution in [0.4, 0.5) is 0 Å². The van der Waals surface area contributed by atoms with E-state index in [1.165, 1.54) is 0 Å². The van der Waals surface area contributed by atoms with Crippen molar-refractivity contribution in [3.8, 4) is 0 Å². The van der Waals surface area contributed by atoms with Crippen molar-refractivity contribution in [2.75, 3.05) is 13.7 Å². The van der Waals surface area contributed by atoms with E-state index in [0.717, 1.165) is 38.7 Å². The van der Waals surface area contributed by atoms with E-state index in [4.69, 9.17) is 28.4 Å². The van der Waals surface area contributed by atoms with E-state index in [9.17, 15) is 0 Å². The number of hydrogen-bond donors (Lipinski definition) is 0. The van der Waals surface area contributed by atoms with Gasteiger partial charge in [-0.3, -0.25) is 0 Å². The van der Waals surface area contributed by atoms with Crippen LogP contribution in [0.1, 0.15) is 59.8 Å². The van der Waals surface area contributed by atoms with Gasteiger partial charge in [-0.1, -0.05) is 19.9 Å². The summed E-state index contributed by atoms with van der Waals surface area (Å²) in [6.45, 7) is 13.1. The summed E-state index contributed by atoms with van der Waals surface area (Å²) in [5.74, 6) is -0.561. The first kappa shape index (κ1) is 21.7. The summed E-state index contributed by atoms with van der Waals surface area (Å²) in [7, 11) is 1.75. The van der Waals surface area contributed by atoms with E-state index in [0.29, 0.717) is 12.0 Å². The molecule has 29 heavy (non-hydrogen) atoms. The maximum Gasteiger partial charge on any atom is 0.169 e. The Morgan fingerprint density at radius 2 is 1.83 bits per heavy atom. The number of rotatable bonds is 6. The topological polar surface area (TPSA) is 58.7 Å². The predicted molar refractivity (Wildman–Crippen MR) is 108 cm³/mol. The molecule has 4 aliphatic heterocycles. The van der Waals surface area contributed by atoms with E-state index in [-0.39, 0.29) is 36.4 Å². The molecule has 4 saturated heterocycles. The molecule has 0 aromatic carbocycles. The van der Waals surface area contributed by atoms with E-state index < -0.39 is 11.6 Å². The number of hydrogen-bond acceptors (Lipinski definition) is 6. The van der Waals surface area contributed by atoms with Crippen LogP contribution in [0, 0.1) is 11.8 Å². The molecule has 6 heteroatoms. The van der Waals surface area contributed by atoms with Gasteiger partial charge in [0.2, 0.25) is 0 Å². The molecule has 166 valence electrons. The lowest BCUT2D eigenvalue weighted by Gasteiger charge is -2.51. The van der Waals surface area contributed by atoms with Gasteiger partial charge in [0.15, 0.2) is 11.6 Å². The minimum absolute atomic E-state index is 0.0456. The largest absolute Gasteiger partial charge is 0.379 e. The fraction of sp³-hybridized carbons (Fsp3) is 0.913. The highest BCUT2D eigenvalue weighted by atomic mass is 16.8. The molecule has 0 aromatic heterocycles. The molecule has 0 unspecified atom stereocenters. The molecule has 0 N–H and O–H groups in total. The second kappa shape index (κ2) is 8.21. The van der Waals surface area contributed by atoms with Gasteiger partial charge in [0.05, 0.1) is 31.0 Å². The molecule has 9 atom stereocenters. The van der Waals surface area contributed by atoms with Crippen LogP contribution in [-0.4, -0.2) is 61.9 Å². The maximum atomic E-state index is 6.77. The van der Waals surface area contributed by atoms with Crippen LogP contribution in [0.25, 0.3) is 0 Å². The fourth-order valence-corrected chi connectivity index (χ4v) is 5.15. The summed E-state index contributed by atoms with van der Waals surface area (Å²) in [6, 6.07) is 0. The number of ether oxygens (including phenoxy) is 6. The standard InChI is InChI=1S/C23H38O6/c1-7-14(2)19-21(28-22(4,5)27-19)20-17(24-6)9-11-23(29-20)10-8-15(3)18(26-23)12-16-13-25-16/h7,14-21H,1,8-13H2,2-6H3/t14-,15-,16+,17-,18+,19-,20-,21-,23-/m0/s1. The first-order chi connectivity index (χ1) is 13.8. The van der Waals surface area contributed by atoms with Crippen LogP contribution in [-0.2, 0) is 28.4 Å². The summed E-state index contributed by atoms with van der Waals surface area (Å²) in [5.41, 5.74) is 0. The quantitative estimate of drug-likeness (QED) is 0.490. The Morgan fingerprint density at radius 3 is 2.48 bits per heavy atom. The SMILES string of the molecule is C=C[C@H](C)[C@@H]1OC(C)(C)O[C@@H]1[C@H]1O[C@]2(CC[C@@H]1OC)CC[C@H](C)[C@@H](C[C@@H]1CO1)O2. The highest BCUT2D eigenvalue weighted by Gasteiger charge is 2.55. The minimum Gasteiger partial charge on any atom is -0.379 e. The van der Waals surface area contributed by atoms with Crippen molar-refractivity contribution in [2.45, 2.75) is 108 Å². The van der Waals surface area contributed by atoms with Gasteiger partial charge < -0.3 is 28.4 Å². The smallest absolute Gasteiger partial charge is 0.169 e. The predicted octanol–water partition coefficient (Wildman–Crippen LogP) is 3.82. The lowest BCUT2D eigenvalue weighted by atomic mass is 9.83. The Hall–Kier alpha value is -0.500. The molecular weight excluding hydrogens is 372 g/mol. The van der Waals surface area contributed by atoms with Crippen molar-refractivity contribution in [2.24, 2.45) is 11.8 Å². The van der Waals surface area contributed by atoms with Crippen molar-refractivity contribution < 1.29 is 28.4 Å². The van der Waals surface area contributed by atoms with Crippen LogP contribution in [0.3, 0.4) is 0 Å². The molecule has 0 saturated carbocycles. The summed E-state index contributed by atoms with van der Waals surface area (Å²) >= 11 is 0. The van der Waals surface area contributed by atoms with Gasteiger partial charge >= 0.3 is 0 Å². The second-order valence-corrected chi connectivity index (χ2v) is 9.83. The molecule has 0 radical (unpaired) electrons. The van der Waals surface area contributed by atoms with Crippen LogP contribution in [0.2, 0.25) is 0 Å². The monoisotopic (exact) mass is 410 g/mol. The van der Waals surface area contributed by atoms with E-state index >= 15 is 0 Å². The fourth-order valence-electron chi connectivity index (χ4n) is 5.15. The molecule has 4 aliphatic rings. The van der Waals surface area contributed by atoms with Crippen LogP contribution in [0.15, 0.2) is 12.7 Å². The molecule has 4 rings (SSSR count). The summed E-state index contributed by atoms with van der Waals surface area (Å²) in [4.78, 5) is 0. The summed E-state index contributed by atoms with van der Waals surface area (Å²) < 4.78 is 37.3. The zero-order valence-electron chi connectivity index (χ0n) is 18.6. The Balaban J connectivity index is 1.54. The highest BCUT2D eigenvalue weighted by molar-refractivity contribution is 5.01. The van der Waals surface area contributed by atoms with Crippen LogP contribution in [0.5, 0.6) is 0 Å². The second-order valence-electron chi connectivity index (χ2n) is 9.83. The Morgan fingerprint density at radius 1 is 1.10 bits per heavy atom. The van der Waals surface area contributed by atoms with Gasteiger partial charge in [0.25, 0.3) is 0 Å². The van der Waals surface area contributed by atoms with Gasteiger partial charge in [-0.15, -0.1) is 6.58 Å². The molecule has 0 amide bonds. The van der Waals surface area contributed by atoms with Crippen LogP contribution >= 0.6 is 0 Å². The first-order valence-corrected chi connectivity index (χ1v) is 11.2. The molecule has 0 aliphatic carbocycles. The van der Waals surface area contributed by atoms with E-state index in [1.807, 2.05) is 19.9 Å². The molecule has 0 bridgehead atoms. The normalized spacial score (nSPS) is 47.8. The Kier molecular flexibility index (Phi) is 6.15. The first-order valence-electron chi connectivity index (χ1n) is 11.2. The van der Waals surface area contributed by atoms with E-state index in [2.05, 4.69) is 20.4 Å². The van der Waals surface area contributed by atoms with Crippen molar-refractivity contribution in [1.29, 1.82) is 0 Å². The third-order valence-corrected chi connectivity index (χ3v) is 7.09. The van der Waals surface area contributed by atoms with Crippen molar-refractivity contribution >= 4 is 0 Å². The van der Waals surface area contributed by atoms with Gasteiger partial charge in [-0.05, 0) is 32.6 Å². The lowest BCUT2D eigenvalue weighted by molar-refractivity contribution is -0.351. The van der Waals surface area contributed by atoms with Gasteiger partial charge in [-0.2, -0.15) is 0 Å². The molecule has 6 nitrogen and oxygen atoms in total. The molecule has 4 fully saturated rings. The maximum absolute atomic E-state index is 6.77. The lowest BCUT2D eigenvalue weighted by Crippen LogP contribution is -2.59. The molecule has 0 aromatic rings. The average Bonchev–Trinajstić information content (AvgIpc) is 3.45. The van der Waals surface area contributed by atoms with Crippen molar-refractivity contribution in [3.63, 3.8) is 0 Å². The Bertz CT molecular complexity index is 590. The number of epoxide rings is 1. The summed E-state index contributed by atoms with van der Waals surface area (Å²) in [5, 5.41) is 0. The minimum atomic E-state index is -0.660. The molecule has 4 heterocycles. The molecule has 1 spiro atoms. The van der Waals surface area contributed by atoms with Gasteiger partial charge in [0, 0.05) is 32.3 Å². The zero-order valence-corrected chi connectivity index (χ0v) is 18.6. The van der Waals surface area contributed by atoms with Crippen molar-refractivity contribution in [1.82, 2.24) is 0 Å². The third-order valence-electron chi connectivity index (χ3n) is 7.09. The third kappa shape index (κ3) is 4.58. The van der Waals surface area contributed by atoms with Gasteiger partial charge in [-0.25, -0.2) is 0 Å². The summed E-state index contributed by atoms with van der Waals surface area (Å²) in [6.07, 6.45) is 6.50. The molecular formula is C23H38O6. The van der Waals surface area contributed by atoms with Gasteiger partial charge in [0.1, 0.15) is 12.2 Å². The Labute approximate surface area is 175 Å². The zero-order chi connectivity index (χ0) is 20.8. The van der Waals surface area contributed by atoms with E-state index in [1.54, 1.807) is 7.11 Å². The average molecular weight is 411 g/mol. The van der Waals surface area contributed by atoms with Crippen LogP contribution < -0.4 is 0 Å². The number of methoxy groups -OCH3 is 1. The highest BCUT2D eigenvalue weighted by Crippen LogP contribution is 2.46. The van der Waals surface area contributed by atoms with Crippen molar-refractivity contribution in [3.05, 3.63) is 12.7 Å².